The second-order valence-electron chi connectivity index (χ2n) is 9.35. The van der Waals surface area contributed by atoms with Crippen molar-refractivity contribution in [2.75, 3.05) is 13.2 Å². The zero-order valence-electron chi connectivity index (χ0n) is 15.5. The van der Waals surface area contributed by atoms with Crippen molar-refractivity contribution >= 4 is 0 Å². The van der Waals surface area contributed by atoms with Crippen LogP contribution in [0.5, 0.6) is 0 Å². The predicted octanol–water partition coefficient (Wildman–Crippen LogP) is 4.52. The summed E-state index contributed by atoms with van der Waals surface area (Å²) in [5, 5.41) is 12.0. The Labute approximate surface area is 149 Å². The Kier molecular flexibility index (Phi) is 4.25. The summed E-state index contributed by atoms with van der Waals surface area (Å²) in [6, 6.07) is 0. The van der Waals surface area contributed by atoms with E-state index in [1.165, 1.54) is 19.3 Å². The maximum absolute atomic E-state index is 13.4. The Balaban J connectivity index is 1.60. The predicted molar refractivity (Wildman–Crippen MR) is 90.3 cm³/mol. The van der Waals surface area contributed by atoms with Crippen molar-refractivity contribution in [1.82, 2.24) is 0 Å². The number of alkyl halides is 2. The summed E-state index contributed by atoms with van der Waals surface area (Å²) in [6.07, 6.45) is 5.06. The third kappa shape index (κ3) is 2.37. The van der Waals surface area contributed by atoms with Gasteiger partial charge in [-0.15, -0.1) is 0 Å². The summed E-state index contributed by atoms with van der Waals surface area (Å²) in [4.78, 5) is 0. The van der Waals surface area contributed by atoms with Gasteiger partial charge in [-0.25, -0.2) is 8.78 Å². The number of halogens is 2. The smallest absolute Gasteiger partial charge is 0.244 e. The van der Waals surface area contributed by atoms with Gasteiger partial charge < -0.3 is 14.6 Å². The second-order valence-corrected chi connectivity index (χ2v) is 9.35. The first-order valence-corrected chi connectivity index (χ1v) is 10.1. The Morgan fingerprint density at radius 1 is 1.00 bits per heavy atom. The van der Waals surface area contributed by atoms with E-state index in [0.717, 1.165) is 19.3 Å². The van der Waals surface area contributed by atoms with Gasteiger partial charge in [-0.3, -0.25) is 0 Å². The Morgan fingerprint density at radius 3 is 2.04 bits per heavy atom. The van der Waals surface area contributed by atoms with E-state index in [9.17, 15) is 13.9 Å². The van der Waals surface area contributed by atoms with Gasteiger partial charge in [-0.05, 0) is 70.6 Å². The molecule has 1 spiro atoms. The molecule has 5 rings (SSSR count). The number of rotatable bonds is 7. The number of ether oxygens (including phenoxy) is 2. The fraction of sp³-hybridized carbons (Fsp3) is 1.00. The molecule has 25 heavy (non-hydrogen) atoms. The lowest BCUT2D eigenvalue weighted by Crippen LogP contribution is -2.77. The van der Waals surface area contributed by atoms with E-state index >= 15 is 0 Å². The molecule has 0 aromatic heterocycles. The van der Waals surface area contributed by atoms with Crippen LogP contribution >= 0.6 is 0 Å². The maximum Gasteiger partial charge on any atom is 0.244 e. The molecule has 1 N–H and O–H groups in total. The minimum Gasteiger partial charge on any atom is -0.389 e. The quantitative estimate of drug-likeness (QED) is 0.680. The van der Waals surface area contributed by atoms with E-state index in [1.54, 1.807) is 0 Å². The van der Waals surface area contributed by atoms with Crippen molar-refractivity contribution in [2.45, 2.75) is 90.0 Å². The first-order chi connectivity index (χ1) is 11.8. The SMILES string of the molecule is CCOC(OCC)C1CCC2(CCC2)CC1(O)C12CC(C(F)F)(C1)C2. The summed E-state index contributed by atoms with van der Waals surface area (Å²) < 4.78 is 38.4. The van der Waals surface area contributed by atoms with Gasteiger partial charge in [0.15, 0.2) is 6.29 Å². The first-order valence-electron chi connectivity index (χ1n) is 10.1. The van der Waals surface area contributed by atoms with Gasteiger partial charge in [0.2, 0.25) is 6.43 Å². The average molecular weight is 358 g/mol. The van der Waals surface area contributed by atoms with Gasteiger partial charge in [-0.2, -0.15) is 0 Å². The maximum atomic E-state index is 13.4. The van der Waals surface area contributed by atoms with E-state index in [1.807, 2.05) is 13.8 Å². The largest absolute Gasteiger partial charge is 0.389 e. The van der Waals surface area contributed by atoms with E-state index in [0.29, 0.717) is 32.5 Å². The van der Waals surface area contributed by atoms with Crippen molar-refractivity contribution in [2.24, 2.45) is 22.2 Å². The topological polar surface area (TPSA) is 38.7 Å². The van der Waals surface area contributed by atoms with Crippen LogP contribution in [0, 0.1) is 22.2 Å². The van der Waals surface area contributed by atoms with E-state index in [-0.39, 0.29) is 16.7 Å². The molecule has 5 saturated carbocycles. The van der Waals surface area contributed by atoms with Gasteiger partial charge in [0, 0.05) is 30.0 Å². The molecule has 3 nitrogen and oxygen atoms in total. The molecule has 2 unspecified atom stereocenters. The van der Waals surface area contributed by atoms with Crippen LogP contribution in [0.2, 0.25) is 0 Å². The Hall–Kier alpha value is -0.260. The van der Waals surface area contributed by atoms with Gasteiger partial charge in [0.25, 0.3) is 0 Å². The molecule has 2 atom stereocenters. The highest BCUT2D eigenvalue weighted by atomic mass is 19.3. The molecule has 0 aliphatic heterocycles. The zero-order chi connectivity index (χ0) is 17.9. The summed E-state index contributed by atoms with van der Waals surface area (Å²) in [6.45, 7) is 4.95. The van der Waals surface area contributed by atoms with Crippen LogP contribution in [0.1, 0.15) is 71.6 Å². The van der Waals surface area contributed by atoms with Crippen molar-refractivity contribution in [3.05, 3.63) is 0 Å². The molecule has 0 heterocycles. The van der Waals surface area contributed by atoms with Crippen molar-refractivity contribution in [1.29, 1.82) is 0 Å². The van der Waals surface area contributed by atoms with Crippen LogP contribution < -0.4 is 0 Å². The van der Waals surface area contributed by atoms with Crippen LogP contribution in [0.3, 0.4) is 0 Å². The summed E-state index contributed by atoms with van der Waals surface area (Å²) in [7, 11) is 0. The fourth-order valence-corrected chi connectivity index (χ4v) is 6.70. The lowest BCUT2D eigenvalue weighted by Gasteiger charge is -2.78. The summed E-state index contributed by atoms with van der Waals surface area (Å²) >= 11 is 0. The highest BCUT2D eigenvalue weighted by Gasteiger charge is 2.80. The molecular weight excluding hydrogens is 326 g/mol. The standard InChI is InChI=1S/C20H32F2O3/c1-3-24-15(25-4-2)14-6-9-17(7-5-8-17)10-20(14,23)19-11-18(12-19,13-19)16(21)22/h14-16,23H,3-13H2,1-2H3. The van der Waals surface area contributed by atoms with E-state index in [2.05, 4.69) is 0 Å². The van der Waals surface area contributed by atoms with Crippen LogP contribution in [0.15, 0.2) is 0 Å². The van der Waals surface area contributed by atoms with Crippen LogP contribution in [-0.2, 0) is 9.47 Å². The Bertz CT molecular complexity index is 493. The van der Waals surface area contributed by atoms with E-state index < -0.39 is 23.7 Å². The van der Waals surface area contributed by atoms with Gasteiger partial charge in [0.1, 0.15) is 0 Å². The third-order valence-electron chi connectivity index (χ3n) is 8.10. The van der Waals surface area contributed by atoms with Crippen LogP contribution in [0.25, 0.3) is 0 Å². The molecule has 0 saturated heterocycles. The molecule has 5 heteroatoms. The molecule has 0 aromatic carbocycles. The molecule has 0 amide bonds. The van der Waals surface area contributed by atoms with Crippen LogP contribution in [-0.4, -0.2) is 36.6 Å². The molecule has 144 valence electrons. The van der Waals surface area contributed by atoms with Gasteiger partial charge in [0.05, 0.1) is 5.60 Å². The molecule has 0 radical (unpaired) electrons. The van der Waals surface area contributed by atoms with Gasteiger partial charge in [-0.1, -0.05) is 6.42 Å². The molecule has 5 aliphatic rings. The average Bonchev–Trinajstić information content (AvgIpc) is 2.41. The molecular formula is C20H32F2O3. The van der Waals surface area contributed by atoms with Crippen molar-refractivity contribution in [3.8, 4) is 0 Å². The zero-order valence-corrected chi connectivity index (χ0v) is 15.5. The summed E-state index contributed by atoms with van der Waals surface area (Å²) in [5.74, 6) is -0.102. The number of aliphatic hydroxyl groups is 1. The van der Waals surface area contributed by atoms with Gasteiger partial charge >= 0.3 is 0 Å². The highest BCUT2D eigenvalue weighted by molar-refractivity contribution is 5.27. The van der Waals surface area contributed by atoms with E-state index in [4.69, 9.17) is 9.47 Å². The van der Waals surface area contributed by atoms with Crippen LogP contribution in [0.4, 0.5) is 8.78 Å². The molecule has 5 aliphatic carbocycles. The normalized spacial score (nSPS) is 44.5. The second kappa shape index (κ2) is 5.87. The number of hydrogen-bond acceptors (Lipinski definition) is 3. The minimum atomic E-state index is -2.26. The summed E-state index contributed by atoms with van der Waals surface area (Å²) in [5.41, 5.74) is -1.82. The monoisotopic (exact) mass is 358 g/mol. The molecule has 5 fully saturated rings. The minimum absolute atomic E-state index is 0.102. The lowest BCUT2D eigenvalue weighted by atomic mass is 9.28. The molecule has 2 bridgehead atoms. The van der Waals surface area contributed by atoms with Crippen molar-refractivity contribution in [3.63, 3.8) is 0 Å². The fourth-order valence-electron chi connectivity index (χ4n) is 6.70. The Morgan fingerprint density at radius 2 is 1.60 bits per heavy atom. The highest BCUT2D eigenvalue weighted by Crippen LogP contribution is 2.82. The third-order valence-corrected chi connectivity index (χ3v) is 8.10. The molecule has 0 aromatic rings. The first kappa shape index (κ1) is 18.1. The van der Waals surface area contributed by atoms with Crippen molar-refractivity contribution < 1.29 is 23.4 Å². The lowest BCUT2D eigenvalue weighted by molar-refractivity contribution is -0.375. The number of hydrogen-bond donors (Lipinski definition) is 1.